The van der Waals surface area contributed by atoms with Crippen LogP contribution in [0.4, 0.5) is 26.3 Å². The smallest absolute Gasteiger partial charge is 0.475 e. The summed E-state index contributed by atoms with van der Waals surface area (Å²) in [7, 11) is -3.03. The van der Waals surface area contributed by atoms with Crippen LogP contribution in [0.3, 0.4) is 0 Å². The third kappa shape index (κ3) is 10.7. The van der Waals surface area contributed by atoms with E-state index in [4.69, 9.17) is 19.8 Å². The van der Waals surface area contributed by atoms with Crippen molar-refractivity contribution >= 4 is 28.0 Å². The van der Waals surface area contributed by atoms with Crippen LogP contribution in [0.15, 0.2) is 35.9 Å². The molecule has 3 aliphatic carbocycles. The molecule has 1 aliphatic heterocycles. The second kappa shape index (κ2) is 14.2. The minimum atomic E-state index is -5.08. The highest BCUT2D eigenvalue weighted by atomic mass is 32.2. The van der Waals surface area contributed by atoms with Crippen molar-refractivity contribution < 1.29 is 54.6 Å². The average Bonchev–Trinajstić information content (AvgIpc) is 3.80. The van der Waals surface area contributed by atoms with Crippen molar-refractivity contribution in [3.05, 3.63) is 41.5 Å². The standard InChI is InChI=1S/C24H35N3O2S.2C2HF3O2/c1-2-19(12-18-6-4-3-5-7-18)22-13-23(22)26-20-14-24(15-20)16-27(17-24)11-10-25-30(28,29)21-8-9-21;2*3-2(4,5)1(6)7/h3-7,12,20-23,25-26H,2,8-11,13-17H2,1H3;2*(H,6,7)/b19-12+;;/t22-,23+;;/m0../s1. The topological polar surface area (TPSA) is 136 Å². The zero-order valence-corrected chi connectivity index (χ0v) is 24.8. The number of halogens is 6. The monoisotopic (exact) mass is 657 g/mol. The Morgan fingerprint density at radius 3 is 1.98 bits per heavy atom. The maximum atomic E-state index is 11.9. The molecule has 9 nitrogen and oxygen atoms in total. The third-order valence-corrected chi connectivity index (χ3v) is 9.89. The molecule has 44 heavy (non-hydrogen) atoms. The second-order valence-corrected chi connectivity index (χ2v) is 13.7. The highest BCUT2D eigenvalue weighted by Crippen LogP contribution is 2.50. The molecule has 4 fully saturated rings. The SMILES string of the molecule is CC/C(=C\c1ccccc1)[C@@H]1C[C@H]1NC1CC2(C1)CN(CCNS(=O)(=O)C1CC1)C2.O=C(O)C(F)(F)F.O=C(O)C(F)(F)F. The van der Waals surface area contributed by atoms with Gasteiger partial charge in [0.2, 0.25) is 10.0 Å². The summed E-state index contributed by atoms with van der Waals surface area (Å²) < 4.78 is 90.0. The molecule has 2 atom stereocenters. The van der Waals surface area contributed by atoms with E-state index in [1.807, 2.05) is 0 Å². The number of rotatable bonds is 10. The zero-order chi connectivity index (χ0) is 32.9. The van der Waals surface area contributed by atoms with Crippen molar-refractivity contribution in [1.82, 2.24) is 14.9 Å². The molecule has 0 unspecified atom stereocenters. The summed E-state index contributed by atoms with van der Waals surface area (Å²) >= 11 is 0. The van der Waals surface area contributed by atoms with Crippen LogP contribution in [-0.4, -0.2) is 91.3 Å². The van der Waals surface area contributed by atoms with Gasteiger partial charge in [-0.15, -0.1) is 0 Å². The molecule has 1 heterocycles. The molecule has 0 radical (unpaired) electrons. The van der Waals surface area contributed by atoms with Crippen LogP contribution >= 0.6 is 0 Å². The van der Waals surface area contributed by atoms with Gasteiger partial charge in [0.15, 0.2) is 0 Å². The number of hydrogen-bond donors (Lipinski definition) is 4. The maximum Gasteiger partial charge on any atom is 0.490 e. The lowest BCUT2D eigenvalue weighted by Gasteiger charge is -2.59. The number of alkyl halides is 6. The van der Waals surface area contributed by atoms with E-state index in [2.05, 4.69) is 58.3 Å². The number of nitrogens with zero attached hydrogens (tertiary/aromatic N) is 1. The van der Waals surface area contributed by atoms with E-state index in [1.54, 1.807) is 5.57 Å². The number of aliphatic carboxylic acids is 2. The van der Waals surface area contributed by atoms with Crippen molar-refractivity contribution in [3.63, 3.8) is 0 Å². The summed E-state index contributed by atoms with van der Waals surface area (Å²) in [6.07, 6.45) is -1.14. The first-order valence-electron chi connectivity index (χ1n) is 14.2. The lowest BCUT2D eigenvalue weighted by Crippen LogP contribution is -2.66. The van der Waals surface area contributed by atoms with E-state index >= 15 is 0 Å². The van der Waals surface area contributed by atoms with Crippen molar-refractivity contribution in [1.29, 1.82) is 0 Å². The fraction of sp³-hybridized carbons (Fsp3) is 0.643. The van der Waals surface area contributed by atoms with Gasteiger partial charge in [-0.25, -0.2) is 22.7 Å². The van der Waals surface area contributed by atoms with Gasteiger partial charge in [-0.2, -0.15) is 26.3 Å². The van der Waals surface area contributed by atoms with E-state index in [-0.39, 0.29) is 5.25 Å². The van der Waals surface area contributed by atoms with Crippen LogP contribution in [0, 0.1) is 11.3 Å². The Balaban J connectivity index is 0.000000317. The predicted octanol–water partition coefficient (Wildman–Crippen LogP) is 4.27. The van der Waals surface area contributed by atoms with Crippen LogP contribution in [0.25, 0.3) is 6.08 Å². The number of carboxylic acid groups (broad SMARTS) is 2. The minimum absolute atomic E-state index is 0.110. The van der Waals surface area contributed by atoms with Gasteiger partial charge in [0.05, 0.1) is 5.25 Å². The maximum absolute atomic E-state index is 11.9. The Labute approximate surface area is 251 Å². The fourth-order valence-corrected chi connectivity index (χ4v) is 6.96. The van der Waals surface area contributed by atoms with E-state index < -0.39 is 34.3 Å². The summed E-state index contributed by atoms with van der Waals surface area (Å²) in [5.74, 6) is -4.80. The highest BCUT2D eigenvalue weighted by Gasteiger charge is 2.53. The minimum Gasteiger partial charge on any atom is -0.475 e. The van der Waals surface area contributed by atoms with Crippen LogP contribution in [0.2, 0.25) is 0 Å². The van der Waals surface area contributed by atoms with Crippen LogP contribution in [-0.2, 0) is 19.6 Å². The lowest BCUT2D eigenvalue weighted by molar-refractivity contribution is -0.193. The fourth-order valence-electron chi connectivity index (χ4n) is 5.59. The molecule has 1 aromatic rings. The van der Waals surface area contributed by atoms with E-state index in [1.165, 1.54) is 24.8 Å². The summed E-state index contributed by atoms with van der Waals surface area (Å²) in [5, 5.41) is 18.1. The Bertz CT molecular complexity index is 1250. The summed E-state index contributed by atoms with van der Waals surface area (Å²) in [6, 6.07) is 12.0. The molecule has 1 aromatic carbocycles. The van der Waals surface area contributed by atoms with Crippen LogP contribution < -0.4 is 10.0 Å². The van der Waals surface area contributed by atoms with Crippen LogP contribution in [0.5, 0.6) is 0 Å². The Hall–Kier alpha value is -2.69. The van der Waals surface area contributed by atoms with Gasteiger partial charge in [-0.1, -0.05) is 48.9 Å². The number of carboxylic acids is 2. The van der Waals surface area contributed by atoms with E-state index in [0.29, 0.717) is 30.0 Å². The van der Waals surface area contributed by atoms with Gasteiger partial charge in [0.25, 0.3) is 0 Å². The molecule has 0 amide bonds. The Morgan fingerprint density at radius 1 is 1.00 bits per heavy atom. The van der Waals surface area contributed by atoms with Gasteiger partial charge in [-0.3, -0.25) is 0 Å². The molecule has 0 bridgehead atoms. The molecule has 3 saturated carbocycles. The van der Waals surface area contributed by atoms with Crippen molar-refractivity contribution in [2.24, 2.45) is 11.3 Å². The molecule has 16 heteroatoms. The molecule has 1 saturated heterocycles. The van der Waals surface area contributed by atoms with E-state index in [0.717, 1.165) is 38.9 Å². The molecule has 1 spiro atoms. The van der Waals surface area contributed by atoms with Gasteiger partial charge < -0.3 is 20.4 Å². The molecular formula is C28H37F6N3O6S. The number of carbonyl (C=O) groups is 2. The first-order valence-corrected chi connectivity index (χ1v) is 15.7. The molecule has 248 valence electrons. The third-order valence-electron chi connectivity index (χ3n) is 7.93. The molecule has 5 rings (SSSR count). The highest BCUT2D eigenvalue weighted by molar-refractivity contribution is 7.90. The quantitative estimate of drug-likeness (QED) is 0.274. The summed E-state index contributed by atoms with van der Waals surface area (Å²) in [4.78, 5) is 20.2. The summed E-state index contributed by atoms with van der Waals surface area (Å²) in [5.41, 5.74) is 3.40. The van der Waals surface area contributed by atoms with Crippen molar-refractivity contribution in [2.45, 2.75) is 75.1 Å². The number of nitrogens with one attached hydrogen (secondary N) is 2. The van der Waals surface area contributed by atoms with Crippen molar-refractivity contribution in [3.8, 4) is 0 Å². The number of benzene rings is 1. The molecular weight excluding hydrogens is 620 g/mol. The van der Waals surface area contributed by atoms with Crippen molar-refractivity contribution in [2.75, 3.05) is 26.2 Å². The predicted molar refractivity (Wildman–Crippen MR) is 149 cm³/mol. The van der Waals surface area contributed by atoms with Gasteiger partial charge in [-0.05, 0) is 55.4 Å². The molecule has 4 aliphatic rings. The van der Waals surface area contributed by atoms with Gasteiger partial charge in [0, 0.05) is 38.3 Å². The zero-order valence-electron chi connectivity index (χ0n) is 24.0. The van der Waals surface area contributed by atoms with Crippen LogP contribution in [0.1, 0.15) is 51.0 Å². The second-order valence-electron chi connectivity index (χ2n) is 11.7. The summed E-state index contributed by atoms with van der Waals surface area (Å²) in [6.45, 7) is 5.96. The number of sulfonamides is 1. The largest absolute Gasteiger partial charge is 0.490 e. The normalized spacial score (nSPS) is 23.3. The lowest BCUT2D eigenvalue weighted by atomic mass is 9.60. The molecule has 0 aromatic heterocycles. The first-order chi connectivity index (χ1) is 20.3. The first kappa shape index (κ1) is 35.8. The van der Waals surface area contributed by atoms with Gasteiger partial charge in [0.1, 0.15) is 0 Å². The Morgan fingerprint density at radius 2 is 1.52 bits per heavy atom. The number of hydrogen-bond acceptors (Lipinski definition) is 6. The van der Waals surface area contributed by atoms with Gasteiger partial charge >= 0.3 is 24.3 Å². The number of likely N-dealkylation sites (tertiary alicyclic amines) is 1. The van der Waals surface area contributed by atoms with E-state index in [9.17, 15) is 34.8 Å². The Kier molecular flexibility index (Phi) is 11.5. The molecule has 4 N–H and O–H groups in total. The average molecular weight is 658 g/mol.